The quantitative estimate of drug-likeness (QED) is 0.370. The molecule has 0 amide bonds. The molecule has 3 aromatic carbocycles. The number of phenolic OH excluding ortho intramolecular Hbond substituents is 1. The average Bonchev–Trinajstić information content (AvgIpc) is 2.81. The summed E-state index contributed by atoms with van der Waals surface area (Å²) < 4.78 is 29.7. The first-order chi connectivity index (χ1) is 16.6. The summed E-state index contributed by atoms with van der Waals surface area (Å²) in [5.41, 5.74) is 0.0368. The number of nitrogens with zero attached hydrogens (tertiary/aromatic N) is 1. The van der Waals surface area contributed by atoms with E-state index in [0.717, 1.165) is 0 Å². The summed E-state index contributed by atoms with van der Waals surface area (Å²) in [6.07, 6.45) is 0.0947. The predicted octanol–water partition coefficient (Wildman–Crippen LogP) is 5.37. The van der Waals surface area contributed by atoms with E-state index in [0.29, 0.717) is 33.4 Å². The lowest BCUT2D eigenvalue weighted by molar-refractivity contribution is -0.0347. The molecule has 0 spiro atoms. The predicted molar refractivity (Wildman–Crippen MR) is 133 cm³/mol. The number of fused-ring (bicyclic) bond motifs is 2. The van der Waals surface area contributed by atoms with Gasteiger partial charge in [0.15, 0.2) is 0 Å². The Hall–Kier alpha value is -3.71. The first-order valence-electron chi connectivity index (χ1n) is 11.4. The topological polar surface area (TPSA) is 74.5 Å². The van der Waals surface area contributed by atoms with Crippen LogP contribution in [0.25, 0.3) is 16.6 Å². The van der Waals surface area contributed by atoms with E-state index in [2.05, 4.69) is 5.32 Å². The molecule has 2 atom stereocenters. The fourth-order valence-corrected chi connectivity index (χ4v) is 5.55. The number of phenols is 1. The van der Waals surface area contributed by atoms with Crippen LogP contribution in [-0.2, 0) is 5.41 Å². The van der Waals surface area contributed by atoms with Gasteiger partial charge in [0.1, 0.15) is 23.8 Å². The first-order valence-corrected chi connectivity index (χ1v) is 11.4. The van der Waals surface area contributed by atoms with Crippen molar-refractivity contribution in [2.75, 3.05) is 12.0 Å². The van der Waals surface area contributed by atoms with E-state index in [1.54, 1.807) is 48.5 Å². The van der Waals surface area contributed by atoms with E-state index in [1.807, 2.05) is 13.8 Å². The highest BCUT2D eigenvalue weighted by atomic mass is 19.1. The molecule has 5 rings (SSSR count). The molecule has 7 heteroatoms. The molecule has 1 aromatic heterocycles. The zero-order chi connectivity index (χ0) is 25.0. The number of benzene rings is 3. The minimum Gasteiger partial charge on any atom is -0.508 e. The maximum absolute atomic E-state index is 14.4. The van der Waals surface area contributed by atoms with Crippen LogP contribution < -0.4 is 10.9 Å². The molecule has 2 unspecified atom stereocenters. The summed E-state index contributed by atoms with van der Waals surface area (Å²) in [5, 5.41) is 26.0. The van der Waals surface area contributed by atoms with Gasteiger partial charge >= 0.3 is 0 Å². The highest BCUT2D eigenvalue weighted by molar-refractivity contribution is 5.92. The number of halogens is 2. The number of nitrogens with one attached hydrogen (secondary N) is 1. The number of alkyl halides is 1. The van der Waals surface area contributed by atoms with Crippen LogP contribution >= 0.6 is 0 Å². The van der Waals surface area contributed by atoms with Gasteiger partial charge in [-0.2, -0.15) is 0 Å². The number of hydrogen-bond donors (Lipinski definition) is 3. The Kier molecular flexibility index (Phi) is 5.40. The summed E-state index contributed by atoms with van der Waals surface area (Å²) in [4.78, 5) is 12.8. The minimum atomic E-state index is -1.73. The Morgan fingerprint density at radius 2 is 1.80 bits per heavy atom. The van der Waals surface area contributed by atoms with Crippen LogP contribution in [0.3, 0.4) is 0 Å². The third kappa shape index (κ3) is 3.76. The molecule has 1 aliphatic carbocycles. The van der Waals surface area contributed by atoms with Gasteiger partial charge in [0.25, 0.3) is 5.56 Å². The van der Waals surface area contributed by atoms with Gasteiger partial charge in [0.05, 0.1) is 17.2 Å². The normalized spacial score (nSPS) is 21.0. The Labute approximate surface area is 201 Å². The van der Waals surface area contributed by atoms with Crippen molar-refractivity contribution in [2.45, 2.75) is 37.3 Å². The second kappa shape index (κ2) is 8.20. The summed E-state index contributed by atoms with van der Waals surface area (Å²) in [6, 6.07) is 18.3. The van der Waals surface area contributed by atoms with E-state index in [-0.39, 0.29) is 17.7 Å². The Bertz CT molecular complexity index is 1500. The molecule has 35 heavy (non-hydrogen) atoms. The fraction of sp³-hybridized carbons (Fsp3) is 0.250. The third-order valence-corrected chi connectivity index (χ3v) is 6.88. The molecular weight excluding hydrogens is 450 g/mol. The highest BCUT2D eigenvalue weighted by Crippen LogP contribution is 2.51. The standard InChI is InChI=1S/C28H26F2N2O3/c1-27(2)15-28(35,16-29)26(20-8-4-11-23(33)25(20)27)31-21-9-5-10-22-19(21)12-13-24(34)32(22)18-7-3-6-17(30)14-18/h3-14,26,31,33,35H,15-16H2,1-2H3. The number of aliphatic hydroxyl groups is 1. The van der Waals surface area contributed by atoms with Crippen LogP contribution in [0.5, 0.6) is 5.75 Å². The molecule has 0 fully saturated rings. The number of rotatable bonds is 4. The molecule has 0 radical (unpaired) electrons. The van der Waals surface area contributed by atoms with Gasteiger partial charge in [-0.05, 0) is 59.9 Å². The third-order valence-electron chi connectivity index (χ3n) is 6.88. The number of anilines is 1. The lowest BCUT2D eigenvalue weighted by Crippen LogP contribution is -2.51. The van der Waals surface area contributed by atoms with Gasteiger partial charge < -0.3 is 15.5 Å². The van der Waals surface area contributed by atoms with Crippen molar-refractivity contribution < 1.29 is 19.0 Å². The molecule has 1 heterocycles. The molecular formula is C28H26F2N2O3. The molecule has 0 saturated carbocycles. The van der Waals surface area contributed by atoms with Crippen LogP contribution in [0.15, 0.2) is 77.6 Å². The average molecular weight is 477 g/mol. The lowest BCUT2D eigenvalue weighted by Gasteiger charge is -2.47. The second-order valence-corrected chi connectivity index (χ2v) is 9.84. The van der Waals surface area contributed by atoms with Gasteiger partial charge in [-0.15, -0.1) is 0 Å². The molecule has 180 valence electrons. The summed E-state index contributed by atoms with van der Waals surface area (Å²) in [6.45, 7) is 2.76. The van der Waals surface area contributed by atoms with Crippen molar-refractivity contribution in [3.05, 3.63) is 100 Å². The second-order valence-electron chi connectivity index (χ2n) is 9.84. The van der Waals surface area contributed by atoms with Crippen LogP contribution in [0.4, 0.5) is 14.5 Å². The van der Waals surface area contributed by atoms with Gasteiger partial charge in [-0.1, -0.05) is 38.1 Å². The van der Waals surface area contributed by atoms with Gasteiger partial charge in [-0.25, -0.2) is 8.78 Å². The Morgan fingerprint density at radius 1 is 1.06 bits per heavy atom. The fourth-order valence-electron chi connectivity index (χ4n) is 5.55. The number of aromatic nitrogens is 1. The molecule has 0 bridgehead atoms. The SMILES string of the molecule is CC1(C)CC(O)(CF)C(Nc2cccc3c2ccc(=O)n3-c2cccc(F)c2)c2cccc(O)c21. The van der Waals surface area contributed by atoms with Gasteiger partial charge in [0, 0.05) is 22.7 Å². The van der Waals surface area contributed by atoms with E-state index in [1.165, 1.54) is 28.8 Å². The largest absolute Gasteiger partial charge is 0.508 e. The van der Waals surface area contributed by atoms with Crippen molar-refractivity contribution >= 4 is 16.6 Å². The maximum atomic E-state index is 14.4. The Balaban J connectivity index is 1.69. The zero-order valence-corrected chi connectivity index (χ0v) is 19.4. The van der Waals surface area contributed by atoms with Crippen molar-refractivity contribution in [1.82, 2.24) is 4.57 Å². The smallest absolute Gasteiger partial charge is 0.255 e. The van der Waals surface area contributed by atoms with E-state index < -0.39 is 29.5 Å². The molecule has 3 N–H and O–H groups in total. The van der Waals surface area contributed by atoms with Crippen LogP contribution in [0.1, 0.15) is 37.4 Å². The zero-order valence-electron chi connectivity index (χ0n) is 19.4. The van der Waals surface area contributed by atoms with Gasteiger partial charge in [-0.3, -0.25) is 9.36 Å². The first kappa shape index (κ1) is 23.1. The number of aromatic hydroxyl groups is 1. The molecule has 0 saturated heterocycles. The molecule has 0 aliphatic heterocycles. The van der Waals surface area contributed by atoms with Crippen LogP contribution in [-0.4, -0.2) is 27.1 Å². The van der Waals surface area contributed by atoms with E-state index in [9.17, 15) is 23.8 Å². The molecule has 1 aliphatic rings. The molecule has 4 aromatic rings. The van der Waals surface area contributed by atoms with Crippen molar-refractivity contribution in [1.29, 1.82) is 0 Å². The monoisotopic (exact) mass is 476 g/mol. The Morgan fingerprint density at radius 3 is 2.54 bits per heavy atom. The summed E-state index contributed by atoms with van der Waals surface area (Å²) >= 11 is 0. The van der Waals surface area contributed by atoms with Crippen LogP contribution in [0.2, 0.25) is 0 Å². The number of hydrogen-bond acceptors (Lipinski definition) is 4. The summed E-state index contributed by atoms with van der Waals surface area (Å²) in [5.74, 6) is -0.368. The summed E-state index contributed by atoms with van der Waals surface area (Å²) in [7, 11) is 0. The van der Waals surface area contributed by atoms with Crippen molar-refractivity contribution in [3.63, 3.8) is 0 Å². The van der Waals surface area contributed by atoms with Crippen LogP contribution in [0, 0.1) is 5.82 Å². The minimum absolute atomic E-state index is 0.0947. The van der Waals surface area contributed by atoms with Gasteiger partial charge in [0.2, 0.25) is 0 Å². The lowest BCUT2D eigenvalue weighted by atomic mass is 9.64. The van der Waals surface area contributed by atoms with Crippen molar-refractivity contribution in [2.24, 2.45) is 0 Å². The molecule has 5 nitrogen and oxygen atoms in total. The van der Waals surface area contributed by atoms with E-state index in [4.69, 9.17) is 0 Å². The highest BCUT2D eigenvalue weighted by Gasteiger charge is 2.50. The number of pyridine rings is 1. The van der Waals surface area contributed by atoms with E-state index >= 15 is 0 Å². The maximum Gasteiger partial charge on any atom is 0.255 e. The van der Waals surface area contributed by atoms with Crippen molar-refractivity contribution in [3.8, 4) is 11.4 Å².